The summed E-state index contributed by atoms with van der Waals surface area (Å²) in [6.07, 6.45) is 68.8. The van der Waals surface area contributed by atoms with Crippen molar-refractivity contribution < 1.29 is 39.2 Å². The molecule has 0 aliphatic heterocycles. The van der Waals surface area contributed by atoms with Gasteiger partial charge in [0.2, 0.25) is 0 Å². The summed E-state index contributed by atoms with van der Waals surface area (Å²) in [5, 5.41) is 31.8. The number of hydrogen-bond acceptors (Lipinski definition) is 8. The van der Waals surface area contributed by atoms with Crippen LogP contribution in [0.5, 0.6) is 0 Å². The fraction of sp³-hybridized carbons (Fsp3) is 0.812. The summed E-state index contributed by atoms with van der Waals surface area (Å²) in [7, 11) is 0. The first-order chi connectivity index (χ1) is 68.4. The number of ether oxygens (including phenoxy) is 2. The minimum Gasteiger partial charge on any atom is -0.458 e. The van der Waals surface area contributed by atoms with E-state index < -0.39 is 0 Å². The van der Waals surface area contributed by atoms with Gasteiger partial charge in [-0.1, -0.05) is 202 Å². The number of hydrogen-bond donors (Lipinski definition) is 3. The Hall–Kier alpha value is -4.37. The molecule has 0 aromatic heterocycles. The molecule has 0 heterocycles. The number of Topliss-reactive ketones (excluding diaryl/α,β-unsaturated/α-hetero) is 1. The second-order valence-electron chi connectivity index (χ2n) is 52.5. The van der Waals surface area contributed by atoms with E-state index in [9.17, 15) is 29.7 Å². The second-order valence-corrected chi connectivity index (χ2v) is 52.5. The average Bonchev–Trinajstić information content (AvgIpc) is 1.48. The van der Waals surface area contributed by atoms with Gasteiger partial charge in [-0.25, -0.2) is 4.79 Å². The molecule has 3 N–H and O–H groups in total. The fourth-order valence-electron chi connectivity index (χ4n) is 40.7. The Bertz CT molecular complexity index is 4300. The summed E-state index contributed by atoms with van der Waals surface area (Å²) >= 11 is 0. The lowest BCUT2D eigenvalue weighted by molar-refractivity contribution is -0.227. The van der Waals surface area contributed by atoms with Gasteiger partial charge in [0.1, 0.15) is 17.0 Å². The average molecular weight is 1940 g/mol. The van der Waals surface area contributed by atoms with Crippen LogP contribution < -0.4 is 0 Å². The molecular formula is C133H210O8. The van der Waals surface area contributed by atoms with E-state index in [0.717, 1.165) is 207 Å². The predicted molar refractivity (Wildman–Crippen MR) is 589 cm³/mol. The molecule has 34 aliphatic rings. The van der Waals surface area contributed by atoms with Crippen LogP contribution in [0.15, 0.2) is 84.9 Å². The monoisotopic (exact) mass is 1940 g/mol. The number of aryl methyl sites for hydroxylation is 3. The van der Waals surface area contributed by atoms with Crippen molar-refractivity contribution in [1.29, 1.82) is 0 Å². The lowest BCUT2D eigenvalue weighted by Crippen LogP contribution is -2.61. The topological polar surface area (TPSA) is 130 Å². The van der Waals surface area contributed by atoms with E-state index in [2.05, 4.69) is 81.4 Å². The Kier molecular flexibility index (Phi) is 37.9. The maximum atomic E-state index is 13.6. The quantitative estimate of drug-likeness (QED) is 0.149. The van der Waals surface area contributed by atoms with E-state index >= 15 is 0 Å². The number of aliphatic hydroxyl groups is 3. The highest BCUT2D eigenvalue weighted by Gasteiger charge is 2.64. The molecule has 0 saturated heterocycles. The normalized spacial score (nSPS) is 43.4. The van der Waals surface area contributed by atoms with Gasteiger partial charge >= 0.3 is 11.9 Å². The molecule has 34 fully saturated rings. The van der Waals surface area contributed by atoms with Crippen LogP contribution in [0, 0.1) is 197 Å². The van der Waals surface area contributed by atoms with Crippen LogP contribution in [-0.2, 0) is 29.9 Å². The number of carbonyl (C=O) groups excluding carboxylic acids is 3. The van der Waals surface area contributed by atoms with Crippen LogP contribution in [-0.4, -0.2) is 62.6 Å². The van der Waals surface area contributed by atoms with Gasteiger partial charge < -0.3 is 24.8 Å². The molecule has 4 aromatic carbocycles. The molecule has 8 nitrogen and oxygen atoms in total. The third-order valence-electron chi connectivity index (χ3n) is 43.0. The SMILES string of the molecule is CC.CC.CC.CC.CC.CC.CC.CC.CCC1(OC(=O)C23CC4CC(CC(C4)C2)C3)C2CC3CC(C2)CC1C3.Cc1ccc(C(=O)OC23CC4CC(CC(C4)C2)C3)cc1.Cc1ccc(C23CC4CC(CC(C4)C2)C3)c2ccccc12.Cc1ccc(C23CC4CC(CC(C4)C2)C3)cc1.O=C1C2CC3CC(C2)CC1C3.OC12CC3CC(CC(C3)C1)C2.OC1CC2CCC1C2.OCC12CC3CC(CC(C3)C1)C2. The fourth-order valence-corrected chi connectivity index (χ4v) is 40.7. The van der Waals surface area contributed by atoms with Gasteiger partial charge in [-0.05, 0) is 558 Å². The van der Waals surface area contributed by atoms with E-state index in [1.165, 1.54) is 260 Å². The Morgan fingerprint density at radius 1 is 0.333 bits per heavy atom. The summed E-state index contributed by atoms with van der Waals surface area (Å²) in [4.78, 5) is 37.6. The molecule has 34 aliphatic carbocycles. The summed E-state index contributed by atoms with van der Waals surface area (Å²) in [5.41, 5.74) is 9.05. The van der Waals surface area contributed by atoms with E-state index in [1.807, 2.05) is 142 Å². The van der Waals surface area contributed by atoms with Gasteiger partial charge in [0.05, 0.1) is 22.7 Å². The van der Waals surface area contributed by atoms with Gasteiger partial charge in [0.15, 0.2) is 0 Å². The molecule has 34 bridgehead atoms. The third-order valence-corrected chi connectivity index (χ3v) is 43.0. The number of fused-ring (bicyclic) bond motifs is 3. The molecule has 0 amide bonds. The summed E-state index contributed by atoms with van der Waals surface area (Å²) in [6.45, 7) is 41.3. The molecule has 8 heteroatoms. The number of benzene rings is 4. The van der Waals surface area contributed by atoms with Crippen LogP contribution in [0.1, 0.15) is 483 Å². The Balaban J connectivity index is 0.000000121. The first-order valence-electron chi connectivity index (χ1n) is 62.0. The lowest BCUT2D eigenvalue weighted by Gasteiger charge is -2.61. The molecule has 34 saturated carbocycles. The first kappa shape index (κ1) is 111. The largest absolute Gasteiger partial charge is 0.458 e. The highest BCUT2D eigenvalue weighted by molar-refractivity contribution is 5.90. The minimum absolute atomic E-state index is 0.0775. The zero-order chi connectivity index (χ0) is 101. The van der Waals surface area contributed by atoms with Crippen LogP contribution in [0.2, 0.25) is 0 Å². The number of esters is 2. The highest BCUT2D eigenvalue weighted by atomic mass is 16.6. The number of ketones is 1. The molecule has 3 atom stereocenters. The van der Waals surface area contributed by atoms with E-state index in [4.69, 9.17) is 9.47 Å². The molecule has 790 valence electrons. The molecule has 141 heavy (non-hydrogen) atoms. The van der Waals surface area contributed by atoms with Crippen molar-refractivity contribution in [3.8, 4) is 0 Å². The predicted octanol–water partition coefficient (Wildman–Crippen LogP) is 35.1. The zero-order valence-corrected chi connectivity index (χ0v) is 94.0. The summed E-state index contributed by atoms with van der Waals surface area (Å²) in [5.74, 6) is 25.3. The van der Waals surface area contributed by atoms with Crippen LogP contribution in [0.4, 0.5) is 0 Å². The van der Waals surface area contributed by atoms with Crippen LogP contribution in [0.3, 0.4) is 0 Å². The smallest absolute Gasteiger partial charge is 0.338 e. The van der Waals surface area contributed by atoms with Crippen molar-refractivity contribution in [1.82, 2.24) is 0 Å². The van der Waals surface area contributed by atoms with Crippen molar-refractivity contribution in [3.63, 3.8) is 0 Å². The van der Waals surface area contributed by atoms with Gasteiger partial charge in [-0.15, -0.1) is 0 Å². The highest BCUT2D eigenvalue weighted by Crippen LogP contribution is 2.69. The van der Waals surface area contributed by atoms with Crippen molar-refractivity contribution in [3.05, 3.63) is 118 Å². The van der Waals surface area contributed by atoms with Gasteiger partial charge in [-0.3, -0.25) is 9.59 Å². The number of carbonyl (C=O) groups is 3. The number of rotatable bonds is 8. The summed E-state index contributed by atoms with van der Waals surface area (Å²) < 4.78 is 12.7. The Morgan fingerprint density at radius 2 is 0.667 bits per heavy atom. The molecule has 3 unspecified atom stereocenters. The maximum Gasteiger partial charge on any atom is 0.338 e. The summed E-state index contributed by atoms with van der Waals surface area (Å²) in [6, 6.07) is 31.2. The van der Waals surface area contributed by atoms with E-state index in [1.54, 1.807) is 35.8 Å². The van der Waals surface area contributed by atoms with Crippen molar-refractivity contribution in [2.75, 3.05) is 6.61 Å². The molecule has 4 aromatic rings. The lowest BCUT2D eigenvalue weighted by atomic mass is 9.47. The standard InChI is InChI=1S/C23H34O2.C21H24.C18H22O2.C17H22.C11H18O.C10H16O.C10H14O.C7H12O.8C2H6/c1-2-23(19-7-14-3-15(9-19)10-20(23)8-14)25-21(24)22-11-16-4-17(12-22)6-18(5-16)13-22;1-14-6-7-20(19-5-3-2-4-18(14)19)21-11-15-8-16(12-21)10-17(9-15)13-21;1-12-2-4-16(5-3-12)17(19)20-18-9-13-6-14(10-18)8-15(7-13)11-18;1-12-2-4-16(5-3-12)17-9-13-6-14(10-17)8-15(7-13)11-17;12-7-11-4-8-1-9(5-11)3-10(2-8)6-11;11-10-4-7-1-8(5-10)3-9(2-7)6-10;11-10-8-2-6-1-7(4-8)5-9(10)3-6;8-7-4-5-1-2-6(7)3-5;8*1-2/h14-20H,2-13H2,1H3;2-7,15-17H,8-13H2,1H3;2-5,13-15H,6-11H2,1H3;2-5,13-15H,6-11H2,1H3;8-10,12H,1-7H2;7-9,11H,1-6H2;6-9H,1-5H2;5-8H,1-4H2;8*1-2H3. The van der Waals surface area contributed by atoms with E-state index in [-0.39, 0.29) is 40.3 Å². The first-order valence-corrected chi connectivity index (χ1v) is 62.0. The molecular weight excluding hydrogens is 1730 g/mol. The Morgan fingerprint density at radius 3 is 1.01 bits per heavy atom. The van der Waals surface area contributed by atoms with Crippen LogP contribution >= 0.6 is 0 Å². The molecule has 0 spiro atoms. The van der Waals surface area contributed by atoms with Crippen molar-refractivity contribution >= 4 is 28.5 Å². The van der Waals surface area contributed by atoms with Gasteiger partial charge in [0.25, 0.3) is 0 Å². The molecule has 0 radical (unpaired) electrons. The van der Waals surface area contributed by atoms with Gasteiger partial charge in [-0.2, -0.15) is 0 Å². The second kappa shape index (κ2) is 48.3. The van der Waals surface area contributed by atoms with Crippen molar-refractivity contribution in [2.45, 2.75) is 500 Å². The van der Waals surface area contributed by atoms with Crippen molar-refractivity contribution in [2.24, 2.45) is 177 Å². The van der Waals surface area contributed by atoms with E-state index in [0.29, 0.717) is 63.8 Å². The number of aliphatic hydroxyl groups excluding tert-OH is 2. The zero-order valence-electron chi connectivity index (χ0n) is 94.0. The third kappa shape index (κ3) is 24.2. The van der Waals surface area contributed by atoms with Gasteiger partial charge in [0, 0.05) is 18.4 Å². The van der Waals surface area contributed by atoms with Crippen LogP contribution in [0.25, 0.3) is 10.8 Å². The minimum atomic E-state index is -0.200. The molecule has 38 rings (SSSR count). The maximum absolute atomic E-state index is 13.6. The Labute approximate surface area is 863 Å².